The van der Waals surface area contributed by atoms with Gasteiger partial charge in [0.15, 0.2) is 5.11 Å². The molecule has 0 amide bonds. The van der Waals surface area contributed by atoms with Crippen molar-refractivity contribution in [3.05, 3.63) is 29.8 Å². The van der Waals surface area contributed by atoms with Crippen molar-refractivity contribution < 1.29 is 4.74 Å². The Bertz CT molecular complexity index is 387. The fourth-order valence-electron chi connectivity index (χ4n) is 1.08. The number of hydrogen-bond donors (Lipinski definition) is 2. The number of rotatable bonds is 5. The molecule has 1 aromatic rings. The molecule has 1 rings (SSSR count). The van der Waals surface area contributed by atoms with Crippen molar-refractivity contribution in [2.75, 3.05) is 6.61 Å². The predicted octanol–water partition coefficient (Wildman–Crippen LogP) is 1.89. The SMILES string of the molecule is CC(C)COc1ccc(/C=N\NC(N)=S)cc1. The topological polar surface area (TPSA) is 59.6 Å². The zero-order valence-electron chi connectivity index (χ0n) is 10.0. The zero-order valence-corrected chi connectivity index (χ0v) is 10.8. The van der Waals surface area contributed by atoms with Crippen molar-refractivity contribution in [1.82, 2.24) is 5.43 Å². The molecular weight excluding hydrogens is 234 g/mol. The van der Waals surface area contributed by atoms with Gasteiger partial charge in [-0.1, -0.05) is 13.8 Å². The molecule has 0 aromatic heterocycles. The minimum Gasteiger partial charge on any atom is -0.493 e. The molecule has 0 radical (unpaired) electrons. The summed E-state index contributed by atoms with van der Waals surface area (Å²) in [4.78, 5) is 0. The molecule has 0 bridgehead atoms. The average molecular weight is 251 g/mol. The number of hydrazone groups is 1. The van der Waals surface area contributed by atoms with E-state index in [1.807, 2.05) is 24.3 Å². The molecular formula is C12H17N3OS. The fraction of sp³-hybridized carbons (Fsp3) is 0.333. The van der Waals surface area contributed by atoms with Crippen molar-refractivity contribution >= 4 is 23.5 Å². The van der Waals surface area contributed by atoms with Crippen LogP contribution in [0.3, 0.4) is 0 Å². The van der Waals surface area contributed by atoms with E-state index in [4.69, 9.17) is 10.5 Å². The summed E-state index contributed by atoms with van der Waals surface area (Å²) in [5.41, 5.74) is 8.68. The maximum atomic E-state index is 5.56. The van der Waals surface area contributed by atoms with E-state index in [1.54, 1.807) is 6.21 Å². The molecule has 0 atom stereocenters. The Morgan fingerprint density at radius 1 is 1.47 bits per heavy atom. The van der Waals surface area contributed by atoms with E-state index < -0.39 is 0 Å². The zero-order chi connectivity index (χ0) is 12.7. The Hall–Kier alpha value is -1.62. The van der Waals surface area contributed by atoms with Gasteiger partial charge in [-0.2, -0.15) is 5.10 Å². The van der Waals surface area contributed by atoms with E-state index in [-0.39, 0.29) is 5.11 Å². The number of nitrogens with zero attached hydrogens (tertiary/aromatic N) is 1. The summed E-state index contributed by atoms with van der Waals surface area (Å²) in [7, 11) is 0. The molecule has 0 aliphatic heterocycles. The summed E-state index contributed by atoms with van der Waals surface area (Å²) < 4.78 is 5.56. The smallest absolute Gasteiger partial charge is 0.184 e. The summed E-state index contributed by atoms with van der Waals surface area (Å²) in [5.74, 6) is 1.38. The second-order valence-electron chi connectivity index (χ2n) is 4.01. The molecule has 0 spiro atoms. The van der Waals surface area contributed by atoms with Crippen molar-refractivity contribution in [3.63, 3.8) is 0 Å². The Morgan fingerprint density at radius 2 is 2.12 bits per heavy atom. The fourth-order valence-corrected chi connectivity index (χ4v) is 1.14. The summed E-state index contributed by atoms with van der Waals surface area (Å²) in [6.45, 7) is 4.95. The van der Waals surface area contributed by atoms with E-state index in [1.165, 1.54) is 0 Å². The normalized spacial score (nSPS) is 10.8. The monoisotopic (exact) mass is 251 g/mol. The number of nitrogens with one attached hydrogen (secondary N) is 1. The summed E-state index contributed by atoms with van der Waals surface area (Å²) in [6.07, 6.45) is 1.64. The van der Waals surface area contributed by atoms with E-state index in [2.05, 4.69) is 36.6 Å². The standard InChI is InChI=1S/C12H17N3OS/c1-9(2)8-16-11-5-3-10(4-6-11)7-14-15-12(13)17/h3-7,9H,8H2,1-2H3,(H3,13,15,17)/b14-7-. The van der Waals surface area contributed by atoms with E-state index in [0.717, 1.165) is 17.9 Å². The number of nitrogens with two attached hydrogens (primary N) is 1. The molecule has 0 saturated carbocycles. The highest BCUT2D eigenvalue weighted by atomic mass is 32.1. The molecule has 0 saturated heterocycles. The predicted molar refractivity (Wildman–Crippen MR) is 74.3 cm³/mol. The van der Waals surface area contributed by atoms with Crippen LogP contribution in [-0.2, 0) is 0 Å². The van der Waals surface area contributed by atoms with E-state index in [9.17, 15) is 0 Å². The van der Waals surface area contributed by atoms with Gasteiger partial charge < -0.3 is 10.5 Å². The quantitative estimate of drug-likeness (QED) is 0.476. The van der Waals surface area contributed by atoms with Crippen LogP contribution in [0.1, 0.15) is 19.4 Å². The molecule has 0 aliphatic rings. The lowest BCUT2D eigenvalue weighted by Gasteiger charge is -2.08. The van der Waals surface area contributed by atoms with Crippen LogP contribution in [0, 0.1) is 5.92 Å². The summed E-state index contributed by atoms with van der Waals surface area (Å²) in [5, 5.41) is 4.01. The van der Waals surface area contributed by atoms with Gasteiger partial charge in [-0.3, -0.25) is 5.43 Å². The van der Waals surface area contributed by atoms with Crippen LogP contribution >= 0.6 is 12.2 Å². The van der Waals surface area contributed by atoms with Crippen LogP contribution in [0.25, 0.3) is 0 Å². The minimum absolute atomic E-state index is 0.151. The van der Waals surface area contributed by atoms with Crippen molar-refractivity contribution in [1.29, 1.82) is 0 Å². The molecule has 5 heteroatoms. The van der Waals surface area contributed by atoms with Gasteiger partial charge in [0.2, 0.25) is 0 Å². The van der Waals surface area contributed by atoms with Crippen LogP contribution < -0.4 is 15.9 Å². The first-order valence-electron chi connectivity index (χ1n) is 5.39. The first-order chi connectivity index (χ1) is 8.08. The van der Waals surface area contributed by atoms with Gasteiger partial charge in [0.1, 0.15) is 5.75 Å². The number of ether oxygens (including phenoxy) is 1. The maximum Gasteiger partial charge on any atom is 0.184 e. The lowest BCUT2D eigenvalue weighted by molar-refractivity contribution is 0.271. The third-order valence-electron chi connectivity index (χ3n) is 1.85. The molecule has 17 heavy (non-hydrogen) atoms. The molecule has 0 aliphatic carbocycles. The summed E-state index contributed by atoms with van der Waals surface area (Å²) >= 11 is 4.62. The summed E-state index contributed by atoms with van der Waals surface area (Å²) in [6, 6.07) is 7.65. The van der Waals surface area contributed by atoms with Gasteiger partial charge in [-0.15, -0.1) is 0 Å². The molecule has 0 fully saturated rings. The molecule has 0 unspecified atom stereocenters. The van der Waals surface area contributed by atoms with Gasteiger partial charge in [0.05, 0.1) is 12.8 Å². The van der Waals surface area contributed by atoms with Crippen LogP contribution in [0.4, 0.5) is 0 Å². The highest BCUT2D eigenvalue weighted by Gasteiger charge is 1.96. The Kier molecular flexibility index (Phi) is 5.42. The average Bonchev–Trinajstić information content (AvgIpc) is 2.27. The maximum absolute atomic E-state index is 5.56. The Labute approximate surface area is 107 Å². The highest BCUT2D eigenvalue weighted by Crippen LogP contribution is 2.12. The highest BCUT2D eigenvalue weighted by molar-refractivity contribution is 7.80. The number of thiocarbonyl (C=S) groups is 1. The van der Waals surface area contributed by atoms with E-state index >= 15 is 0 Å². The third kappa shape index (κ3) is 5.87. The Balaban J connectivity index is 2.50. The number of hydrogen-bond acceptors (Lipinski definition) is 3. The van der Waals surface area contributed by atoms with Crippen LogP contribution in [0.15, 0.2) is 29.4 Å². The van der Waals surface area contributed by atoms with Crippen molar-refractivity contribution in [2.24, 2.45) is 16.8 Å². The largest absolute Gasteiger partial charge is 0.493 e. The number of benzene rings is 1. The van der Waals surface area contributed by atoms with E-state index in [0.29, 0.717) is 5.92 Å². The molecule has 92 valence electrons. The van der Waals surface area contributed by atoms with Crippen LogP contribution in [0.5, 0.6) is 5.75 Å². The molecule has 3 N–H and O–H groups in total. The lowest BCUT2D eigenvalue weighted by atomic mass is 10.2. The molecule has 1 aromatic carbocycles. The second-order valence-corrected chi connectivity index (χ2v) is 4.45. The van der Waals surface area contributed by atoms with Gasteiger partial charge >= 0.3 is 0 Å². The van der Waals surface area contributed by atoms with Crippen molar-refractivity contribution in [3.8, 4) is 5.75 Å². The first kappa shape index (κ1) is 13.4. The second kappa shape index (κ2) is 6.85. The molecule has 0 heterocycles. The van der Waals surface area contributed by atoms with Gasteiger partial charge in [-0.05, 0) is 48.0 Å². The van der Waals surface area contributed by atoms with Gasteiger partial charge in [-0.25, -0.2) is 0 Å². The third-order valence-corrected chi connectivity index (χ3v) is 1.94. The Morgan fingerprint density at radius 3 is 2.65 bits per heavy atom. The van der Waals surface area contributed by atoms with Gasteiger partial charge in [0, 0.05) is 0 Å². The van der Waals surface area contributed by atoms with Gasteiger partial charge in [0.25, 0.3) is 0 Å². The van der Waals surface area contributed by atoms with Crippen LogP contribution in [-0.4, -0.2) is 17.9 Å². The van der Waals surface area contributed by atoms with Crippen molar-refractivity contribution in [2.45, 2.75) is 13.8 Å². The van der Waals surface area contributed by atoms with Crippen LogP contribution in [0.2, 0.25) is 0 Å². The molecule has 4 nitrogen and oxygen atoms in total. The lowest BCUT2D eigenvalue weighted by Crippen LogP contribution is -2.23. The first-order valence-corrected chi connectivity index (χ1v) is 5.80. The minimum atomic E-state index is 0.151.